The molecule has 0 radical (unpaired) electrons. The van der Waals surface area contributed by atoms with Crippen molar-refractivity contribution in [2.45, 2.75) is 13.8 Å². The Morgan fingerprint density at radius 1 is 1.60 bits per heavy atom. The fraction of sp³-hybridized carbons (Fsp3) is 0.857. The van der Waals surface area contributed by atoms with Gasteiger partial charge in [0.15, 0.2) is 6.19 Å². The third-order valence-corrected chi connectivity index (χ3v) is 1.44. The molecule has 0 aliphatic carbocycles. The molecule has 0 aliphatic rings. The second kappa shape index (κ2) is 5.55. The summed E-state index contributed by atoms with van der Waals surface area (Å²) in [6.07, 6.45) is 2.14. The molecule has 2 nitrogen and oxygen atoms in total. The molecule has 0 amide bonds. The summed E-state index contributed by atoms with van der Waals surface area (Å²) < 4.78 is 0. The Labute approximate surface area is 70.9 Å². The minimum Gasteiger partial charge on any atom is -0.310 e. The fourth-order valence-corrected chi connectivity index (χ4v) is 1.15. The third kappa shape index (κ3) is 4.63. The molecule has 0 aromatic rings. The Morgan fingerprint density at radius 3 is 2.50 bits per heavy atom. The molecule has 0 aromatic carbocycles. The molecule has 0 heterocycles. The molecule has 0 N–H and O–H groups in total. The van der Waals surface area contributed by atoms with Gasteiger partial charge in [0.1, 0.15) is 0 Å². The van der Waals surface area contributed by atoms with Crippen LogP contribution in [0.1, 0.15) is 13.8 Å². The maximum Gasteiger partial charge on any atom is 0.179 e. The van der Waals surface area contributed by atoms with Crippen LogP contribution in [0.3, 0.4) is 0 Å². The van der Waals surface area contributed by atoms with E-state index < -0.39 is 0 Å². The summed E-state index contributed by atoms with van der Waals surface area (Å²) in [4.78, 5) is 1.76. The van der Waals surface area contributed by atoms with E-state index in [2.05, 4.69) is 36.0 Å². The van der Waals surface area contributed by atoms with Gasteiger partial charge in [-0.25, -0.2) is 0 Å². The van der Waals surface area contributed by atoms with Crippen molar-refractivity contribution in [2.24, 2.45) is 5.92 Å². The van der Waals surface area contributed by atoms with Gasteiger partial charge >= 0.3 is 0 Å². The van der Waals surface area contributed by atoms with Crippen molar-refractivity contribution < 1.29 is 0 Å². The summed E-state index contributed by atoms with van der Waals surface area (Å²) in [6.45, 7) is 5.90. The van der Waals surface area contributed by atoms with Crippen molar-refractivity contribution in [3.05, 3.63) is 0 Å². The Balaban J connectivity index is 3.52. The molecule has 0 saturated carbocycles. The summed E-state index contributed by atoms with van der Waals surface area (Å²) in [7, 11) is 0. The summed E-state index contributed by atoms with van der Waals surface area (Å²) in [5, 5.41) is 9.43. The van der Waals surface area contributed by atoms with Crippen LogP contribution in [0.4, 0.5) is 0 Å². The SMILES string of the molecule is CC(C)CN(C#N)CCBr. The maximum absolute atomic E-state index is 8.56. The molecule has 58 valence electrons. The van der Waals surface area contributed by atoms with Gasteiger partial charge in [-0.2, -0.15) is 5.26 Å². The Bertz CT molecular complexity index is 117. The number of rotatable bonds is 4. The molecule has 0 aromatic heterocycles. The van der Waals surface area contributed by atoms with E-state index in [1.807, 2.05) is 0 Å². The van der Waals surface area contributed by atoms with Crippen LogP contribution >= 0.6 is 15.9 Å². The highest BCUT2D eigenvalue weighted by molar-refractivity contribution is 9.09. The van der Waals surface area contributed by atoms with Gasteiger partial charge in [-0.15, -0.1) is 0 Å². The van der Waals surface area contributed by atoms with Crippen LogP contribution in [0.15, 0.2) is 0 Å². The summed E-state index contributed by atoms with van der Waals surface area (Å²) in [6, 6.07) is 0. The van der Waals surface area contributed by atoms with Gasteiger partial charge < -0.3 is 4.90 Å². The molecule has 3 heteroatoms. The van der Waals surface area contributed by atoms with E-state index in [0.717, 1.165) is 18.4 Å². The molecule has 0 unspecified atom stereocenters. The normalized spacial score (nSPS) is 9.50. The van der Waals surface area contributed by atoms with E-state index in [1.165, 1.54) is 0 Å². The van der Waals surface area contributed by atoms with E-state index in [9.17, 15) is 0 Å². The van der Waals surface area contributed by atoms with Crippen LogP contribution in [-0.4, -0.2) is 23.3 Å². The molecular formula is C7H13BrN2. The van der Waals surface area contributed by atoms with Crippen LogP contribution in [-0.2, 0) is 0 Å². The average Bonchev–Trinajstić information content (AvgIpc) is 1.86. The van der Waals surface area contributed by atoms with Crippen LogP contribution < -0.4 is 0 Å². The summed E-state index contributed by atoms with van der Waals surface area (Å²) >= 11 is 3.29. The highest BCUT2D eigenvalue weighted by Gasteiger charge is 2.01. The van der Waals surface area contributed by atoms with Crippen molar-refractivity contribution in [3.8, 4) is 6.19 Å². The third-order valence-electron chi connectivity index (χ3n) is 1.08. The standard InChI is InChI=1S/C7H13BrN2/c1-7(2)5-10(6-9)4-3-8/h7H,3-5H2,1-2H3. The summed E-state index contributed by atoms with van der Waals surface area (Å²) in [5.74, 6) is 0.568. The van der Waals surface area contributed by atoms with Gasteiger partial charge in [-0.3, -0.25) is 0 Å². The highest BCUT2D eigenvalue weighted by atomic mass is 79.9. The monoisotopic (exact) mass is 204 g/mol. The zero-order valence-electron chi connectivity index (χ0n) is 6.47. The lowest BCUT2D eigenvalue weighted by Crippen LogP contribution is -2.24. The van der Waals surface area contributed by atoms with Gasteiger partial charge in [0.25, 0.3) is 0 Å². The molecule has 0 rings (SSSR count). The zero-order valence-corrected chi connectivity index (χ0v) is 8.06. The number of halogens is 1. The first kappa shape index (κ1) is 9.77. The second-order valence-corrected chi connectivity index (χ2v) is 3.42. The topological polar surface area (TPSA) is 27.0 Å². The Kier molecular flexibility index (Phi) is 5.42. The van der Waals surface area contributed by atoms with E-state index in [4.69, 9.17) is 5.26 Å². The lowest BCUT2D eigenvalue weighted by molar-refractivity contribution is 0.362. The average molecular weight is 205 g/mol. The molecule has 0 spiro atoms. The van der Waals surface area contributed by atoms with Crippen molar-refractivity contribution in [1.29, 1.82) is 5.26 Å². The van der Waals surface area contributed by atoms with Gasteiger partial charge in [0.2, 0.25) is 0 Å². The largest absolute Gasteiger partial charge is 0.310 e. The van der Waals surface area contributed by atoms with E-state index in [-0.39, 0.29) is 0 Å². The molecule has 0 aliphatic heterocycles. The number of alkyl halides is 1. The van der Waals surface area contributed by atoms with Crippen molar-refractivity contribution in [2.75, 3.05) is 18.4 Å². The highest BCUT2D eigenvalue weighted by Crippen LogP contribution is 1.97. The van der Waals surface area contributed by atoms with Gasteiger partial charge in [-0.05, 0) is 5.92 Å². The fourth-order valence-electron chi connectivity index (χ4n) is 0.725. The van der Waals surface area contributed by atoms with E-state index in [1.54, 1.807) is 4.90 Å². The molecule has 0 atom stereocenters. The number of hydrogen-bond donors (Lipinski definition) is 0. The molecular weight excluding hydrogens is 192 g/mol. The Morgan fingerprint density at radius 2 is 2.20 bits per heavy atom. The Hall–Kier alpha value is -0.230. The molecule has 0 fully saturated rings. The van der Waals surface area contributed by atoms with Gasteiger partial charge in [-0.1, -0.05) is 29.8 Å². The van der Waals surface area contributed by atoms with Crippen LogP contribution in [0.5, 0.6) is 0 Å². The lowest BCUT2D eigenvalue weighted by Gasteiger charge is -2.15. The summed E-state index contributed by atoms with van der Waals surface area (Å²) in [5.41, 5.74) is 0. The van der Waals surface area contributed by atoms with E-state index >= 15 is 0 Å². The minimum absolute atomic E-state index is 0.568. The number of nitriles is 1. The smallest absolute Gasteiger partial charge is 0.179 e. The second-order valence-electron chi connectivity index (χ2n) is 2.63. The van der Waals surface area contributed by atoms with Crippen LogP contribution in [0.25, 0.3) is 0 Å². The lowest BCUT2D eigenvalue weighted by atomic mass is 10.2. The number of hydrogen-bond acceptors (Lipinski definition) is 2. The van der Waals surface area contributed by atoms with Gasteiger partial charge in [0, 0.05) is 18.4 Å². The van der Waals surface area contributed by atoms with Crippen molar-refractivity contribution in [3.63, 3.8) is 0 Å². The van der Waals surface area contributed by atoms with Crippen LogP contribution in [0.2, 0.25) is 0 Å². The first-order chi connectivity index (χ1) is 4.70. The molecule has 0 bridgehead atoms. The number of nitrogens with zero attached hydrogens (tertiary/aromatic N) is 2. The molecule has 0 saturated heterocycles. The minimum atomic E-state index is 0.568. The maximum atomic E-state index is 8.56. The quantitative estimate of drug-likeness (QED) is 0.397. The predicted molar refractivity (Wildman–Crippen MR) is 45.8 cm³/mol. The first-order valence-corrected chi connectivity index (χ1v) is 4.53. The van der Waals surface area contributed by atoms with Crippen LogP contribution in [0, 0.1) is 17.4 Å². The zero-order chi connectivity index (χ0) is 7.98. The van der Waals surface area contributed by atoms with Gasteiger partial charge in [0.05, 0.1) is 0 Å². The van der Waals surface area contributed by atoms with Crippen molar-refractivity contribution in [1.82, 2.24) is 4.90 Å². The predicted octanol–water partition coefficient (Wildman–Crippen LogP) is 1.82. The molecule has 10 heavy (non-hydrogen) atoms. The first-order valence-electron chi connectivity index (χ1n) is 3.41. The van der Waals surface area contributed by atoms with Crippen molar-refractivity contribution >= 4 is 15.9 Å². The van der Waals surface area contributed by atoms with E-state index in [0.29, 0.717) is 5.92 Å².